The minimum Gasteiger partial charge on any atom is -0.457 e. The molecule has 1 aliphatic heterocycles. The molecule has 8 rings (SSSR count). The van der Waals surface area contributed by atoms with Crippen LogP contribution in [-0.4, -0.2) is 71.9 Å². The number of carbonyl (C=O) groups excluding carboxylic acids is 2. The average molecular weight is 874 g/mol. The predicted octanol–water partition coefficient (Wildman–Crippen LogP) is 9.26. The number of nitrogens with one attached hydrogen (secondary N) is 1. The fourth-order valence-electron chi connectivity index (χ4n) is 6.73. The van der Waals surface area contributed by atoms with Gasteiger partial charge in [0.2, 0.25) is 5.78 Å². The third-order valence-electron chi connectivity index (χ3n) is 10.1. The molecule has 5 aromatic carbocycles. The van der Waals surface area contributed by atoms with Gasteiger partial charge >= 0.3 is 0 Å². The highest BCUT2D eigenvalue weighted by Gasteiger charge is 2.25. The molecule has 16 heteroatoms. The molecule has 0 bridgehead atoms. The molecule has 13 nitrogen and oxygen atoms in total. The van der Waals surface area contributed by atoms with Crippen LogP contribution >= 0.6 is 0 Å². The van der Waals surface area contributed by atoms with Gasteiger partial charge in [-0.25, -0.2) is 13.5 Å². The van der Waals surface area contributed by atoms with Gasteiger partial charge in [-0.05, 0) is 78.8 Å². The molecule has 0 saturated carbocycles. The Kier molecular flexibility index (Phi) is 14.0. The Labute approximate surface area is 364 Å². The number of hydrogen-bond acceptors (Lipinski definition) is 10. The number of carbonyl (C=O) groups is 2. The quantitative estimate of drug-likeness (QED) is 0.0316. The first kappa shape index (κ1) is 44.2. The predicted molar refractivity (Wildman–Crippen MR) is 241 cm³/mol. The lowest BCUT2D eigenvalue weighted by Crippen LogP contribution is -2.40. The van der Waals surface area contributed by atoms with Crippen molar-refractivity contribution in [3.8, 4) is 28.7 Å². The summed E-state index contributed by atoms with van der Waals surface area (Å²) < 4.78 is 54.3. The topological polar surface area (TPSA) is 161 Å². The van der Waals surface area contributed by atoms with Gasteiger partial charge < -0.3 is 39.6 Å². The van der Waals surface area contributed by atoms with Crippen LogP contribution < -0.4 is 26.5 Å². The van der Waals surface area contributed by atoms with Crippen LogP contribution in [0.3, 0.4) is 0 Å². The van der Waals surface area contributed by atoms with Crippen LogP contribution in [0.2, 0.25) is 25.7 Å². The van der Waals surface area contributed by atoms with Crippen molar-refractivity contribution in [2.24, 2.45) is 5.84 Å². The van der Waals surface area contributed by atoms with Crippen molar-refractivity contribution >= 4 is 42.2 Å². The van der Waals surface area contributed by atoms with E-state index in [0.717, 1.165) is 11.6 Å². The summed E-state index contributed by atoms with van der Waals surface area (Å²) in [6.07, 6.45) is 1.34. The first-order valence-electron chi connectivity index (χ1n) is 20.4. The van der Waals surface area contributed by atoms with Gasteiger partial charge in [0, 0.05) is 50.9 Å². The van der Waals surface area contributed by atoms with Crippen LogP contribution in [0.25, 0.3) is 16.6 Å². The summed E-state index contributed by atoms with van der Waals surface area (Å²) in [5, 5.41) is 4.99. The molecule has 0 radical (unpaired) electrons. The van der Waals surface area contributed by atoms with Crippen molar-refractivity contribution in [1.29, 1.82) is 0 Å². The van der Waals surface area contributed by atoms with Crippen molar-refractivity contribution in [2.45, 2.75) is 32.4 Å². The van der Waals surface area contributed by atoms with Crippen LogP contribution in [0.1, 0.15) is 26.4 Å². The van der Waals surface area contributed by atoms with Crippen molar-refractivity contribution in [2.75, 3.05) is 44.1 Å². The number of rotatable bonds is 14. The zero-order valence-electron chi connectivity index (χ0n) is 35.2. The maximum atomic E-state index is 15.3. The molecule has 3 heterocycles. The number of nitrogens with zero attached hydrogens (tertiary/aromatic N) is 4. The Hall–Kier alpha value is -6.85. The summed E-state index contributed by atoms with van der Waals surface area (Å²) in [4.78, 5) is 29.1. The van der Waals surface area contributed by atoms with Crippen molar-refractivity contribution in [1.82, 2.24) is 19.2 Å². The normalized spacial score (nSPS) is 12.7. The van der Waals surface area contributed by atoms with Gasteiger partial charge in [0.1, 0.15) is 41.2 Å². The third-order valence-corrected chi connectivity index (χ3v) is 11.9. The van der Waals surface area contributed by atoms with Crippen molar-refractivity contribution < 1.29 is 37.3 Å². The summed E-state index contributed by atoms with van der Waals surface area (Å²) in [5.41, 5.74) is 10.7. The maximum Gasteiger partial charge on any atom is 0.254 e. The van der Waals surface area contributed by atoms with Gasteiger partial charge in [-0.1, -0.05) is 56.0 Å². The molecule has 1 fully saturated rings. The van der Waals surface area contributed by atoms with E-state index in [1.165, 1.54) is 35.1 Å². The SMILES string of the molecule is C[Si](C)(C)CCOCn1c(C(=O)c2cnn(-c3ccc(Oc4ccccc4)cc3F)c2N)cc2cc(C(=O)N3CCOCC3)ccc21.NNc1ccc(Oc2ccccc2)cc1F. The van der Waals surface area contributed by atoms with Crippen molar-refractivity contribution in [3.05, 3.63) is 156 Å². The number of nitrogen functional groups attached to an aromatic ring is 2. The summed E-state index contributed by atoms with van der Waals surface area (Å²) in [6, 6.07) is 35.1. The molecule has 326 valence electrons. The zero-order chi connectivity index (χ0) is 44.5. The fraction of sp³-hybridized carbons (Fsp3) is 0.213. The molecule has 0 aliphatic carbocycles. The third kappa shape index (κ3) is 11.0. The molecule has 1 saturated heterocycles. The molecular weight excluding hydrogens is 825 g/mol. The molecule has 5 N–H and O–H groups in total. The zero-order valence-corrected chi connectivity index (χ0v) is 36.2. The maximum absolute atomic E-state index is 15.3. The van der Waals surface area contributed by atoms with E-state index in [-0.39, 0.29) is 35.4 Å². The number of ether oxygens (including phenoxy) is 4. The summed E-state index contributed by atoms with van der Waals surface area (Å²) in [7, 11) is -1.34. The Morgan fingerprint density at radius 1 is 0.794 bits per heavy atom. The average Bonchev–Trinajstić information content (AvgIpc) is 3.85. The smallest absolute Gasteiger partial charge is 0.254 e. The molecular formula is C47H49F2N7O6Si. The van der Waals surface area contributed by atoms with Crippen LogP contribution in [0, 0.1) is 11.6 Å². The minimum atomic E-state index is -1.34. The van der Waals surface area contributed by atoms with Crippen LogP contribution in [0.15, 0.2) is 128 Å². The number of morpholine rings is 1. The van der Waals surface area contributed by atoms with E-state index in [1.54, 1.807) is 64.1 Å². The van der Waals surface area contributed by atoms with Crippen LogP contribution in [0.4, 0.5) is 20.3 Å². The monoisotopic (exact) mass is 873 g/mol. The summed E-state index contributed by atoms with van der Waals surface area (Å²) in [6.45, 7) is 9.57. The molecule has 63 heavy (non-hydrogen) atoms. The number of fused-ring (bicyclic) bond motifs is 1. The van der Waals surface area contributed by atoms with E-state index in [4.69, 9.17) is 30.5 Å². The van der Waals surface area contributed by atoms with Gasteiger partial charge in [0.25, 0.3) is 5.91 Å². The first-order chi connectivity index (χ1) is 30.4. The number of amides is 1. The molecule has 1 amide bonds. The Morgan fingerprint density at radius 2 is 1.43 bits per heavy atom. The fourth-order valence-corrected chi connectivity index (χ4v) is 7.48. The largest absolute Gasteiger partial charge is 0.457 e. The Bertz CT molecular complexity index is 2680. The highest BCUT2D eigenvalue weighted by atomic mass is 28.3. The van der Waals surface area contributed by atoms with E-state index in [2.05, 4.69) is 30.2 Å². The number of nitrogens with two attached hydrogens (primary N) is 2. The Balaban J connectivity index is 0.000000312. The standard InChI is InChI=1S/C35H38FN5O5Si.C12H11FN2O/c1-47(2,3)18-17-45-23-40-30-11-9-24(35(43)39-13-15-44-16-14-39)19-25(30)20-32(40)33(42)28-22-38-41(34(28)37)31-12-10-27(21-29(31)36)46-26-7-5-4-6-8-26;13-11-8-10(6-7-12(11)15-14)16-9-4-2-1-3-5-9/h4-12,19-22H,13-18,23,37H2,1-3H3;1-8,15H,14H2. The van der Waals surface area contributed by atoms with Crippen LogP contribution in [0.5, 0.6) is 23.0 Å². The molecule has 2 aromatic heterocycles. The first-order valence-corrected chi connectivity index (χ1v) is 24.1. The van der Waals surface area contributed by atoms with Gasteiger partial charge in [-0.3, -0.25) is 15.4 Å². The van der Waals surface area contributed by atoms with Gasteiger partial charge in [0.15, 0.2) is 11.6 Å². The minimum absolute atomic E-state index is 0.00901. The van der Waals surface area contributed by atoms with Gasteiger partial charge in [0.05, 0.1) is 41.9 Å². The van der Waals surface area contributed by atoms with E-state index >= 15 is 4.39 Å². The number of aromatic nitrogens is 3. The molecule has 7 aromatic rings. The summed E-state index contributed by atoms with van der Waals surface area (Å²) >= 11 is 0. The summed E-state index contributed by atoms with van der Waals surface area (Å²) in [5.74, 6) is 5.54. The number of halogens is 2. The second kappa shape index (κ2) is 19.9. The van der Waals surface area contributed by atoms with Crippen molar-refractivity contribution in [3.63, 3.8) is 0 Å². The van der Waals surface area contributed by atoms with Gasteiger partial charge in [-0.15, -0.1) is 0 Å². The lowest BCUT2D eigenvalue weighted by atomic mass is 10.1. The van der Waals surface area contributed by atoms with E-state index in [9.17, 15) is 14.0 Å². The van der Waals surface area contributed by atoms with E-state index in [0.29, 0.717) is 72.6 Å². The molecule has 0 atom stereocenters. The van der Waals surface area contributed by atoms with E-state index < -0.39 is 25.5 Å². The number of ketones is 1. The number of para-hydroxylation sites is 2. The lowest BCUT2D eigenvalue weighted by Gasteiger charge is -2.26. The molecule has 1 aliphatic rings. The Morgan fingerprint density at radius 3 is 2.03 bits per heavy atom. The van der Waals surface area contributed by atoms with Crippen LogP contribution in [-0.2, 0) is 16.2 Å². The second-order valence-corrected chi connectivity index (χ2v) is 21.5. The highest BCUT2D eigenvalue weighted by molar-refractivity contribution is 6.76. The van der Waals surface area contributed by atoms with Gasteiger partial charge in [-0.2, -0.15) is 5.10 Å². The number of hydrogen-bond donors (Lipinski definition) is 3. The number of anilines is 2. The number of hydrazine groups is 1. The highest BCUT2D eigenvalue weighted by Crippen LogP contribution is 2.30. The molecule has 0 unspecified atom stereocenters. The second-order valence-electron chi connectivity index (χ2n) is 15.9. The number of benzene rings is 5. The van der Waals surface area contributed by atoms with E-state index in [1.807, 2.05) is 42.5 Å². The lowest BCUT2D eigenvalue weighted by molar-refractivity contribution is 0.0303. The molecule has 0 spiro atoms.